The average molecular weight is 221 g/mol. The topological polar surface area (TPSA) is 12.9 Å². The Morgan fingerprint density at radius 2 is 1.81 bits per heavy atom. The van der Waals surface area contributed by atoms with Crippen molar-refractivity contribution < 1.29 is 0 Å². The Balaban J connectivity index is 0.000000509. The van der Waals surface area contributed by atoms with E-state index in [0.717, 1.165) is 5.92 Å². The molecule has 1 aliphatic rings. The lowest BCUT2D eigenvalue weighted by molar-refractivity contribution is 0.314. The summed E-state index contributed by atoms with van der Waals surface area (Å²) in [5, 5.41) is 0. The molecule has 1 aromatic rings. The van der Waals surface area contributed by atoms with Crippen LogP contribution in [0.2, 0.25) is 0 Å². The Kier molecular flexibility index (Phi) is 8.88. The molecule has 1 aromatic heterocycles. The predicted octanol–water partition coefficient (Wildman–Crippen LogP) is 4.79. The Morgan fingerprint density at radius 3 is 2.25 bits per heavy atom. The summed E-state index contributed by atoms with van der Waals surface area (Å²) in [6, 6.07) is 2.11. The van der Waals surface area contributed by atoms with Crippen LogP contribution in [-0.4, -0.2) is 4.98 Å². The third-order valence-electron chi connectivity index (χ3n) is 2.88. The highest BCUT2D eigenvalue weighted by atomic mass is 14.6. The Labute approximate surface area is 101 Å². The van der Waals surface area contributed by atoms with E-state index in [1.165, 1.54) is 36.8 Å². The lowest BCUT2D eigenvalue weighted by Gasteiger charge is -2.25. The fraction of sp³-hybridized carbons (Fsp3) is 0.667. The van der Waals surface area contributed by atoms with E-state index in [2.05, 4.69) is 18.0 Å². The molecule has 1 aliphatic carbocycles. The summed E-state index contributed by atoms with van der Waals surface area (Å²) >= 11 is 0. The van der Waals surface area contributed by atoms with Crippen LogP contribution < -0.4 is 0 Å². The molecule has 0 bridgehead atoms. The van der Waals surface area contributed by atoms with Crippen LogP contribution in [0.4, 0.5) is 0 Å². The van der Waals surface area contributed by atoms with Crippen molar-refractivity contribution in [3.8, 4) is 0 Å². The molecular weight excluding hydrogens is 194 g/mol. The molecule has 0 N–H and O–H groups in total. The molecule has 1 fully saturated rings. The fourth-order valence-electron chi connectivity index (χ4n) is 1.72. The molecular formula is C15H27N. The lowest BCUT2D eigenvalue weighted by atomic mass is 9.80. The molecule has 16 heavy (non-hydrogen) atoms. The first kappa shape index (κ1) is 15.2. The molecule has 2 rings (SSSR count). The standard InChI is InChI=1S/C11H15N.2C2H6/c1-9-5-6-12-8-11(9)7-10-3-2-4-10;2*1-2/h5-6,8,10H,2-4,7H2,1H3;2*1-2H3. The first-order valence-corrected chi connectivity index (χ1v) is 6.76. The van der Waals surface area contributed by atoms with Gasteiger partial charge >= 0.3 is 0 Å². The molecule has 0 saturated heterocycles. The second kappa shape index (κ2) is 9.38. The van der Waals surface area contributed by atoms with Crippen LogP contribution in [-0.2, 0) is 6.42 Å². The normalized spacial score (nSPS) is 13.8. The fourth-order valence-corrected chi connectivity index (χ4v) is 1.72. The molecule has 1 saturated carbocycles. The van der Waals surface area contributed by atoms with E-state index in [1.54, 1.807) is 0 Å². The molecule has 1 nitrogen and oxygen atoms in total. The van der Waals surface area contributed by atoms with E-state index in [-0.39, 0.29) is 0 Å². The number of aryl methyl sites for hydroxylation is 1. The minimum absolute atomic E-state index is 0.952. The van der Waals surface area contributed by atoms with Gasteiger partial charge in [0.05, 0.1) is 0 Å². The second-order valence-corrected chi connectivity index (χ2v) is 3.80. The van der Waals surface area contributed by atoms with E-state index < -0.39 is 0 Å². The van der Waals surface area contributed by atoms with Crippen molar-refractivity contribution in [2.75, 3.05) is 0 Å². The third-order valence-corrected chi connectivity index (χ3v) is 2.88. The van der Waals surface area contributed by atoms with E-state index in [1.807, 2.05) is 40.1 Å². The number of nitrogens with zero attached hydrogens (tertiary/aromatic N) is 1. The van der Waals surface area contributed by atoms with Crippen molar-refractivity contribution in [3.63, 3.8) is 0 Å². The summed E-state index contributed by atoms with van der Waals surface area (Å²) in [6.07, 6.45) is 9.43. The van der Waals surface area contributed by atoms with Gasteiger partial charge in [0.25, 0.3) is 0 Å². The van der Waals surface area contributed by atoms with Crippen molar-refractivity contribution in [1.82, 2.24) is 4.98 Å². The predicted molar refractivity (Wildman–Crippen MR) is 72.7 cm³/mol. The van der Waals surface area contributed by atoms with Crippen molar-refractivity contribution in [3.05, 3.63) is 29.6 Å². The van der Waals surface area contributed by atoms with Gasteiger partial charge in [0.15, 0.2) is 0 Å². The van der Waals surface area contributed by atoms with Crippen molar-refractivity contribution in [1.29, 1.82) is 0 Å². The zero-order valence-corrected chi connectivity index (χ0v) is 11.6. The zero-order chi connectivity index (χ0) is 12.4. The van der Waals surface area contributed by atoms with Crippen LogP contribution in [0.1, 0.15) is 58.1 Å². The Bertz CT molecular complexity index is 264. The zero-order valence-electron chi connectivity index (χ0n) is 11.6. The maximum atomic E-state index is 4.16. The number of hydrogen-bond acceptors (Lipinski definition) is 1. The quantitative estimate of drug-likeness (QED) is 0.700. The van der Waals surface area contributed by atoms with Gasteiger partial charge < -0.3 is 0 Å². The van der Waals surface area contributed by atoms with Crippen LogP contribution in [0.3, 0.4) is 0 Å². The van der Waals surface area contributed by atoms with E-state index in [4.69, 9.17) is 0 Å². The maximum absolute atomic E-state index is 4.16. The molecule has 0 aromatic carbocycles. The minimum Gasteiger partial charge on any atom is -0.264 e. The van der Waals surface area contributed by atoms with Crippen LogP contribution in [0.5, 0.6) is 0 Å². The molecule has 92 valence electrons. The highest BCUT2D eigenvalue weighted by Gasteiger charge is 2.18. The van der Waals surface area contributed by atoms with Gasteiger partial charge in [-0.25, -0.2) is 0 Å². The van der Waals surface area contributed by atoms with Gasteiger partial charge in [-0.3, -0.25) is 4.98 Å². The molecule has 0 spiro atoms. The first-order valence-electron chi connectivity index (χ1n) is 6.76. The lowest BCUT2D eigenvalue weighted by Crippen LogP contribution is -2.14. The van der Waals surface area contributed by atoms with Gasteiger partial charge in [0.1, 0.15) is 0 Å². The SMILES string of the molecule is CC.CC.Cc1ccncc1CC1CCC1. The van der Waals surface area contributed by atoms with E-state index in [0.29, 0.717) is 0 Å². The third kappa shape index (κ3) is 4.78. The van der Waals surface area contributed by atoms with Gasteiger partial charge in [-0.05, 0) is 36.5 Å². The molecule has 1 heterocycles. The first-order chi connectivity index (χ1) is 7.86. The number of aromatic nitrogens is 1. The second-order valence-electron chi connectivity index (χ2n) is 3.80. The summed E-state index contributed by atoms with van der Waals surface area (Å²) in [5.74, 6) is 0.952. The molecule has 0 unspecified atom stereocenters. The van der Waals surface area contributed by atoms with Crippen LogP contribution in [0.15, 0.2) is 18.5 Å². The summed E-state index contributed by atoms with van der Waals surface area (Å²) in [5.41, 5.74) is 2.85. The average Bonchev–Trinajstić information content (AvgIpc) is 2.31. The van der Waals surface area contributed by atoms with Crippen molar-refractivity contribution in [2.24, 2.45) is 5.92 Å². The van der Waals surface area contributed by atoms with Gasteiger partial charge in [-0.15, -0.1) is 0 Å². The van der Waals surface area contributed by atoms with Crippen molar-refractivity contribution in [2.45, 2.75) is 60.3 Å². The highest BCUT2D eigenvalue weighted by molar-refractivity contribution is 5.22. The largest absolute Gasteiger partial charge is 0.264 e. The van der Waals surface area contributed by atoms with Gasteiger partial charge in [0.2, 0.25) is 0 Å². The monoisotopic (exact) mass is 221 g/mol. The minimum atomic E-state index is 0.952. The Hall–Kier alpha value is -0.850. The molecule has 0 atom stereocenters. The summed E-state index contributed by atoms with van der Waals surface area (Å²) in [4.78, 5) is 4.16. The summed E-state index contributed by atoms with van der Waals surface area (Å²) in [6.45, 7) is 10.2. The van der Waals surface area contributed by atoms with Crippen molar-refractivity contribution >= 4 is 0 Å². The molecule has 1 heteroatoms. The van der Waals surface area contributed by atoms with Crippen LogP contribution in [0.25, 0.3) is 0 Å². The maximum Gasteiger partial charge on any atom is 0.0302 e. The van der Waals surface area contributed by atoms with Crippen LogP contribution in [0, 0.1) is 12.8 Å². The van der Waals surface area contributed by atoms with Gasteiger partial charge in [0, 0.05) is 12.4 Å². The summed E-state index contributed by atoms with van der Waals surface area (Å²) in [7, 11) is 0. The number of rotatable bonds is 2. The number of pyridine rings is 1. The van der Waals surface area contributed by atoms with E-state index in [9.17, 15) is 0 Å². The molecule has 0 aliphatic heterocycles. The molecule has 0 radical (unpaired) electrons. The highest BCUT2D eigenvalue weighted by Crippen LogP contribution is 2.30. The smallest absolute Gasteiger partial charge is 0.0302 e. The van der Waals surface area contributed by atoms with Crippen LogP contribution >= 0.6 is 0 Å². The van der Waals surface area contributed by atoms with Gasteiger partial charge in [-0.2, -0.15) is 0 Å². The molecule has 0 amide bonds. The number of hydrogen-bond donors (Lipinski definition) is 0. The van der Waals surface area contributed by atoms with E-state index >= 15 is 0 Å². The Morgan fingerprint density at radius 1 is 1.19 bits per heavy atom. The summed E-state index contributed by atoms with van der Waals surface area (Å²) < 4.78 is 0. The van der Waals surface area contributed by atoms with Gasteiger partial charge in [-0.1, -0.05) is 47.0 Å².